The Bertz CT molecular complexity index is 438. The molecule has 0 N–H and O–H groups in total. The Labute approximate surface area is 97.3 Å². The van der Waals surface area contributed by atoms with Gasteiger partial charge in [-0.25, -0.2) is 9.37 Å². The largest absolute Gasteiger partial charge is 0.574 e. The molecule has 0 saturated carbocycles. The number of rotatable bonds is 4. The van der Waals surface area contributed by atoms with Gasteiger partial charge in [-0.2, -0.15) is 0 Å². The number of nitro groups is 1. The van der Waals surface area contributed by atoms with Gasteiger partial charge in [-0.1, -0.05) is 0 Å². The highest BCUT2D eigenvalue weighted by Crippen LogP contribution is 2.34. The number of aromatic nitrogens is 1. The predicted molar refractivity (Wildman–Crippen MR) is 48.9 cm³/mol. The minimum absolute atomic E-state index is 0.560. The summed E-state index contributed by atoms with van der Waals surface area (Å²) >= 11 is 0. The maximum absolute atomic E-state index is 12.5. The van der Waals surface area contributed by atoms with E-state index in [9.17, 15) is 27.7 Å². The molecule has 0 fully saturated rings. The van der Waals surface area contributed by atoms with E-state index in [1.165, 1.54) is 0 Å². The van der Waals surface area contributed by atoms with Crippen molar-refractivity contribution in [2.45, 2.75) is 13.0 Å². The van der Waals surface area contributed by atoms with Crippen LogP contribution >= 0.6 is 0 Å². The first-order valence-electron chi connectivity index (χ1n) is 4.32. The lowest BCUT2D eigenvalue weighted by Crippen LogP contribution is -2.18. The van der Waals surface area contributed by atoms with Crippen LogP contribution in [0.5, 0.6) is 11.6 Å². The number of pyridine rings is 1. The van der Waals surface area contributed by atoms with E-state index in [-0.39, 0.29) is 0 Å². The summed E-state index contributed by atoms with van der Waals surface area (Å²) in [6.45, 7) is -1.43. The zero-order valence-electron chi connectivity index (χ0n) is 8.82. The topological polar surface area (TPSA) is 74.5 Å². The molecule has 0 radical (unpaired) electrons. The number of alkyl halides is 4. The number of ether oxygens (including phenoxy) is 2. The van der Waals surface area contributed by atoms with Gasteiger partial charge in [0.05, 0.1) is 18.1 Å². The van der Waals surface area contributed by atoms with Crippen molar-refractivity contribution < 1.29 is 32.0 Å². The molecule has 0 aliphatic heterocycles. The zero-order valence-corrected chi connectivity index (χ0v) is 8.82. The zero-order chi connectivity index (χ0) is 13.9. The summed E-state index contributed by atoms with van der Waals surface area (Å²) in [5.74, 6) is -1.60. The van der Waals surface area contributed by atoms with Crippen LogP contribution in [0.1, 0.15) is 5.69 Å². The van der Waals surface area contributed by atoms with E-state index in [0.29, 0.717) is 6.07 Å². The lowest BCUT2D eigenvalue weighted by molar-refractivity contribution is -0.387. The molecule has 0 aliphatic carbocycles. The fraction of sp³-hybridized carbons (Fsp3) is 0.375. The summed E-state index contributed by atoms with van der Waals surface area (Å²) in [6.07, 6.45) is -5.04. The van der Waals surface area contributed by atoms with Crippen LogP contribution in [-0.4, -0.2) is 23.4 Å². The van der Waals surface area contributed by atoms with Crippen molar-refractivity contribution in [2.24, 2.45) is 0 Å². The molecule has 0 atom stereocenters. The van der Waals surface area contributed by atoms with Crippen molar-refractivity contribution in [1.82, 2.24) is 4.98 Å². The smallest absolute Gasteiger partial charge is 0.490 e. The molecule has 1 heterocycles. The normalized spacial score (nSPS) is 11.2. The van der Waals surface area contributed by atoms with Crippen molar-refractivity contribution in [3.63, 3.8) is 0 Å². The number of hydrogen-bond donors (Lipinski definition) is 0. The molecule has 1 aromatic heterocycles. The van der Waals surface area contributed by atoms with E-state index in [1.807, 2.05) is 0 Å². The average molecular weight is 270 g/mol. The van der Waals surface area contributed by atoms with Gasteiger partial charge in [0.15, 0.2) is 5.69 Å². The van der Waals surface area contributed by atoms with Gasteiger partial charge in [-0.05, 0) is 0 Å². The molecular weight excluding hydrogens is 264 g/mol. The minimum atomic E-state index is -5.04. The van der Waals surface area contributed by atoms with Gasteiger partial charge in [-0.3, -0.25) is 10.1 Å². The van der Waals surface area contributed by atoms with E-state index in [4.69, 9.17) is 0 Å². The van der Waals surface area contributed by atoms with Crippen LogP contribution in [0, 0.1) is 10.1 Å². The molecule has 0 aromatic carbocycles. The number of hydrogen-bond acceptors (Lipinski definition) is 5. The maximum atomic E-state index is 12.5. The van der Waals surface area contributed by atoms with Crippen molar-refractivity contribution in [2.75, 3.05) is 7.11 Å². The molecule has 100 valence electrons. The summed E-state index contributed by atoms with van der Waals surface area (Å²) in [5.41, 5.74) is -1.65. The standard InChI is InChI=1S/C8H6F4N2O4/c1-17-5-2-6(18-8(10,11)12)13-4(3-9)7(5)14(15)16/h2H,3H2,1H3. The SMILES string of the molecule is COc1cc(OC(F)(F)F)nc(CF)c1[N+](=O)[O-]. The van der Waals surface area contributed by atoms with Crippen molar-refractivity contribution in [3.05, 3.63) is 21.9 Å². The molecule has 18 heavy (non-hydrogen) atoms. The van der Waals surface area contributed by atoms with Gasteiger partial charge in [0, 0.05) is 0 Å². The highest BCUT2D eigenvalue weighted by molar-refractivity contribution is 5.52. The van der Waals surface area contributed by atoms with Crippen LogP contribution in [0.3, 0.4) is 0 Å². The number of halogens is 4. The highest BCUT2D eigenvalue weighted by Gasteiger charge is 2.34. The Hall–Kier alpha value is -2.13. The third-order valence-corrected chi connectivity index (χ3v) is 1.76. The van der Waals surface area contributed by atoms with E-state index in [2.05, 4.69) is 14.5 Å². The molecule has 0 saturated heterocycles. The third-order valence-electron chi connectivity index (χ3n) is 1.76. The number of nitrogens with zero attached hydrogens (tertiary/aromatic N) is 2. The third kappa shape index (κ3) is 3.18. The fourth-order valence-electron chi connectivity index (χ4n) is 1.16. The van der Waals surface area contributed by atoms with E-state index < -0.39 is 41.0 Å². The second-order valence-corrected chi connectivity index (χ2v) is 2.90. The molecule has 6 nitrogen and oxygen atoms in total. The van der Waals surface area contributed by atoms with Crippen molar-refractivity contribution in [3.8, 4) is 11.6 Å². The predicted octanol–water partition coefficient (Wildman–Crippen LogP) is 2.37. The second kappa shape index (κ2) is 5.02. The van der Waals surface area contributed by atoms with Gasteiger partial charge in [0.2, 0.25) is 11.6 Å². The number of methoxy groups -OCH3 is 1. The quantitative estimate of drug-likeness (QED) is 0.477. The highest BCUT2D eigenvalue weighted by atomic mass is 19.4. The summed E-state index contributed by atoms with van der Waals surface area (Å²) in [4.78, 5) is 12.7. The van der Waals surface area contributed by atoms with Gasteiger partial charge in [0.25, 0.3) is 0 Å². The molecule has 0 unspecified atom stereocenters. The van der Waals surface area contributed by atoms with Crippen molar-refractivity contribution in [1.29, 1.82) is 0 Å². The Morgan fingerprint density at radius 2 is 2.11 bits per heavy atom. The maximum Gasteiger partial charge on any atom is 0.574 e. The molecule has 0 spiro atoms. The van der Waals surface area contributed by atoms with Crippen LogP contribution in [0.15, 0.2) is 6.07 Å². The minimum Gasteiger partial charge on any atom is -0.490 e. The van der Waals surface area contributed by atoms with E-state index in [1.54, 1.807) is 0 Å². The van der Waals surface area contributed by atoms with E-state index >= 15 is 0 Å². The van der Waals surface area contributed by atoms with Crippen LogP contribution < -0.4 is 9.47 Å². The first kappa shape index (κ1) is 13.9. The summed E-state index contributed by atoms with van der Waals surface area (Å²) in [7, 11) is 0.988. The van der Waals surface area contributed by atoms with Crippen LogP contribution in [0.4, 0.5) is 23.2 Å². The van der Waals surface area contributed by atoms with E-state index in [0.717, 1.165) is 7.11 Å². The molecule has 10 heteroatoms. The molecule has 0 aliphatic rings. The van der Waals surface area contributed by atoms with Gasteiger partial charge in [-0.15, -0.1) is 13.2 Å². The van der Waals surface area contributed by atoms with Crippen LogP contribution in [0.2, 0.25) is 0 Å². The average Bonchev–Trinajstić information content (AvgIpc) is 2.24. The first-order valence-corrected chi connectivity index (χ1v) is 4.32. The Kier molecular flexibility index (Phi) is 3.89. The van der Waals surface area contributed by atoms with Gasteiger partial charge >= 0.3 is 12.0 Å². The Morgan fingerprint density at radius 1 is 1.50 bits per heavy atom. The molecule has 0 amide bonds. The van der Waals surface area contributed by atoms with Crippen LogP contribution in [-0.2, 0) is 6.67 Å². The summed E-state index contributed by atoms with van der Waals surface area (Å²) in [6, 6.07) is 0.560. The molecule has 1 rings (SSSR count). The molecule has 1 aromatic rings. The lowest BCUT2D eigenvalue weighted by atomic mass is 10.3. The summed E-state index contributed by atoms with van der Waals surface area (Å²) in [5, 5.41) is 10.6. The van der Waals surface area contributed by atoms with Gasteiger partial charge in [0.1, 0.15) is 6.67 Å². The summed E-state index contributed by atoms with van der Waals surface area (Å²) < 4.78 is 56.3. The van der Waals surface area contributed by atoms with Crippen molar-refractivity contribution >= 4 is 5.69 Å². The first-order chi connectivity index (χ1) is 8.28. The lowest BCUT2D eigenvalue weighted by Gasteiger charge is -2.10. The Morgan fingerprint density at radius 3 is 2.50 bits per heavy atom. The molecular formula is C8H6F4N2O4. The molecule has 0 bridgehead atoms. The monoisotopic (exact) mass is 270 g/mol. The van der Waals surface area contributed by atoms with Gasteiger partial charge < -0.3 is 9.47 Å². The fourth-order valence-corrected chi connectivity index (χ4v) is 1.16. The Balaban J connectivity index is 3.30. The van der Waals surface area contributed by atoms with Crippen LogP contribution in [0.25, 0.3) is 0 Å². The second-order valence-electron chi connectivity index (χ2n) is 2.90.